The first kappa shape index (κ1) is 9.21. The monoisotopic (exact) mass is 192 g/mol. The molecule has 1 saturated heterocycles. The fourth-order valence-corrected chi connectivity index (χ4v) is 1.59. The number of hydrogen-bond acceptors (Lipinski definition) is 3. The summed E-state index contributed by atoms with van der Waals surface area (Å²) in [6.07, 6.45) is -0.277. The van der Waals surface area contributed by atoms with Crippen molar-refractivity contribution < 1.29 is 14.3 Å². The van der Waals surface area contributed by atoms with E-state index in [1.807, 2.05) is 30.3 Å². The van der Waals surface area contributed by atoms with Gasteiger partial charge < -0.3 is 9.47 Å². The van der Waals surface area contributed by atoms with E-state index >= 15 is 0 Å². The Kier molecular flexibility index (Phi) is 2.04. The maximum absolute atomic E-state index is 11.2. The second-order valence-corrected chi connectivity index (χ2v) is 3.51. The van der Waals surface area contributed by atoms with Gasteiger partial charge in [0.15, 0.2) is 6.10 Å². The highest BCUT2D eigenvalue weighted by molar-refractivity contribution is 5.86. The molecule has 0 spiro atoms. The molecular weight excluding hydrogens is 180 g/mol. The number of cyclic esters (lactones) is 1. The zero-order valence-corrected chi connectivity index (χ0v) is 8.19. The van der Waals surface area contributed by atoms with Crippen LogP contribution >= 0.6 is 0 Å². The van der Waals surface area contributed by atoms with Gasteiger partial charge in [-0.05, 0) is 12.5 Å². The Morgan fingerprint density at radius 2 is 2.00 bits per heavy atom. The summed E-state index contributed by atoms with van der Waals surface area (Å²) in [6.45, 7) is 1.75. The van der Waals surface area contributed by atoms with Crippen molar-refractivity contribution >= 4 is 5.97 Å². The summed E-state index contributed by atoms with van der Waals surface area (Å²) in [5.74, 6) is -0.297. The third-order valence-electron chi connectivity index (χ3n) is 2.66. The van der Waals surface area contributed by atoms with Crippen LogP contribution in [0.1, 0.15) is 18.6 Å². The number of carbonyl (C=O) groups is 1. The van der Waals surface area contributed by atoms with E-state index in [4.69, 9.17) is 9.47 Å². The summed E-state index contributed by atoms with van der Waals surface area (Å²) in [5.41, 5.74) is 0.151. The van der Waals surface area contributed by atoms with E-state index in [1.165, 1.54) is 7.11 Å². The first-order chi connectivity index (χ1) is 6.68. The minimum atomic E-state index is -0.818. The van der Waals surface area contributed by atoms with Gasteiger partial charge in [-0.3, -0.25) is 0 Å². The minimum Gasteiger partial charge on any atom is -0.451 e. The van der Waals surface area contributed by atoms with Crippen molar-refractivity contribution in [2.24, 2.45) is 0 Å². The third kappa shape index (κ3) is 1.13. The smallest absolute Gasteiger partial charge is 0.343 e. The van der Waals surface area contributed by atoms with Gasteiger partial charge in [0.1, 0.15) is 0 Å². The first-order valence-corrected chi connectivity index (χ1v) is 4.49. The van der Waals surface area contributed by atoms with Crippen LogP contribution in [0.2, 0.25) is 0 Å². The molecule has 0 N–H and O–H groups in total. The van der Waals surface area contributed by atoms with Crippen molar-refractivity contribution in [3.05, 3.63) is 35.9 Å². The molecule has 2 atom stereocenters. The van der Waals surface area contributed by atoms with Crippen molar-refractivity contribution in [1.82, 2.24) is 0 Å². The lowest BCUT2D eigenvalue weighted by Crippen LogP contribution is -2.56. The Morgan fingerprint density at radius 3 is 2.50 bits per heavy atom. The highest BCUT2D eigenvalue weighted by Crippen LogP contribution is 2.42. The normalized spacial score (nSPS) is 30.7. The number of ether oxygens (including phenoxy) is 2. The molecule has 1 aromatic carbocycles. The number of hydrogen-bond donors (Lipinski definition) is 0. The lowest BCUT2D eigenvalue weighted by atomic mass is 9.87. The molecular formula is C11H12O3. The fraction of sp³-hybridized carbons (Fsp3) is 0.364. The second kappa shape index (κ2) is 3.10. The molecule has 0 aliphatic carbocycles. The molecule has 3 heteroatoms. The topological polar surface area (TPSA) is 35.5 Å². The minimum absolute atomic E-state index is 0.277. The highest BCUT2D eigenvalue weighted by atomic mass is 16.6. The quantitative estimate of drug-likeness (QED) is 0.669. The van der Waals surface area contributed by atoms with Crippen molar-refractivity contribution in [3.8, 4) is 0 Å². The first-order valence-electron chi connectivity index (χ1n) is 4.49. The van der Waals surface area contributed by atoms with Crippen LogP contribution in [0.3, 0.4) is 0 Å². The predicted molar refractivity (Wildman–Crippen MR) is 50.7 cm³/mol. The SMILES string of the molecule is CO[C@]1(C)C(=O)O[C@H]1c1ccccc1. The summed E-state index contributed by atoms with van der Waals surface area (Å²) < 4.78 is 10.2. The summed E-state index contributed by atoms with van der Waals surface area (Å²) in [7, 11) is 1.52. The lowest BCUT2D eigenvalue weighted by molar-refractivity contribution is -0.233. The molecule has 1 heterocycles. The van der Waals surface area contributed by atoms with E-state index in [0.717, 1.165) is 5.56 Å². The van der Waals surface area contributed by atoms with Crippen LogP contribution in [0.4, 0.5) is 0 Å². The van der Waals surface area contributed by atoms with Gasteiger partial charge in [0.2, 0.25) is 5.60 Å². The second-order valence-electron chi connectivity index (χ2n) is 3.51. The number of rotatable bonds is 2. The summed E-state index contributed by atoms with van der Waals surface area (Å²) in [4.78, 5) is 11.2. The zero-order chi connectivity index (χ0) is 10.2. The third-order valence-corrected chi connectivity index (χ3v) is 2.66. The molecule has 0 aromatic heterocycles. The van der Waals surface area contributed by atoms with Gasteiger partial charge >= 0.3 is 5.97 Å². The van der Waals surface area contributed by atoms with Crippen molar-refractivity contribution in [2.75, 3.05) is 7.11 Å². The average molecular weight is 192 g/mol. The van der Waals surface area contributed by atoms with Crippen LogP contribution < -0.4 is 0 Å². The van der Waals surface area contributed by atoms with Gasteiger partial charge in [-0.1, -0.05) is 30.3 Å². The summed E-state index contributed by atoms with van der Waals surface area (Å²) in [6, 6.07) is 9.60. The molecule has 1 fully saturated rings. The van der Waals surface area contributed by atoms with Crippen LogP contribution in [-0.2, 0) is 14.3 Å². The van der Waals surface area contributed by atoms with Crippen LogP contribution in [0.25, 0.3) is 0 Å². The highest BCUT2D eigenvalue weighted by Gasteiger charge is 2.55. The maximum atomic E-state index is 11.2. The molecule has 0 bridgehead atoms. The number of methoxy groups -OCH3 is 1. The van der Waals surface area contributed by atoms with Crippen molar-refractivity contribution in [3.63, 3.8) is 0 Å². The van der Waals surface area contributed by atoms with Crippen LogP contribution in [0.5, 0.6) is 0 Å². The van der Waals surface area contributed by atoms with Gasteiger partial charge in [-0.15, -0.1) is 0 Å². The zero-order valence-electron chi connectivity index (χ0n) is 8.19. The Balaban J connectivity index is 2.27. The molecule has 0 saturated carbocycles. The van der Waals surface area contributed by atoms with E-state index in [9.17, 15) is 4.79 Å². The van der Waals surface area contributed by atoms with Gasteiger partial charge in [-0.25, -0.2) is 4.79 Å². The van der Waals surface area contributed by atoms with E-state index in [2.05, 4.69) is 0 Å². The number of benzene rings is 1. The molecule has 0 amide bonds. The van der Waals surface area contributed by atoms with E-state index in [-0.39, 0.29) is 12.1 Å². The standard InChI is InChI=1S/C11H12O3/c1-11(13-2)9(14-10(11)12)8-6-4-3-5-7-8/h3-7,9H,1-2H3/t9-,11-/m0/s1. The number of esters is 1. The molecule has 2 rings (SSSR count). The molecule has 14 heavy (non-hydrogen) atoms. The van der Waals surface area contributed by atoms with E-state index < -0.39 is 5.60 Å². The molecule has 1 aliphatic rings. The van der Waals surface area contributed by atoms with Crippen LogP contribution in [0, 0.1) is 0 Å². The molecule has 1 aromatic rings. The Morgan fingerprint density at radius 1 is 1.36 bits per heavy atom. The number of carbonyl (C=O) groups excluding carboxylic acids is 1. The predicted octanol–water partition coefficient (Wildman–Crippen LogP) is 1.69. The molecule has 0 unspecified atom stereocenters. The van der Waals surface area contributed by atoms with E-state index in [1.54, 1.807) is 6.92 Å². The average Bonchev–Trinajstić information content (AvgIpc) is 2.25. The van der Waals surface area contributed by atoms with E-state index in [0.29, 0.717) is 0 Å². The van der Waals surface area contributed by atoms with Gasteiger partial charge in [0.05, 0.1) is 0 Å². The van der Waals surface area contributed by atoms with Crippen molar-refractivity contribution in [2.45, 2.75) is 18.6 Å². The Labute approximate surface area is 82.6 Å². The van der Waals surface area contributed by atoms with Crippen molar-refractivity contribution in [1.29, 1.82) is 0 Å². The maximum Gasteiger partial charge on any atom is 0.343 e. The van der Waals surface area contributed by atoms with Gasteiger partial charge in [0.25, 0.3) is 0 Å². The van der Waals surface area contributed by atoms with Crippen LogP contribution in [0.15, 0.2) is 30.3 Å². The Bertz CT molecular complexity index is 347. The van der Waals surface area contributed by atoms with Crippen LogP contribution in [-0.4, -0.2) is 18.7 Å². The summed E-state index contributed by atoms with van der Waals surface area (Å²) >= 11 is 0. The molecule has 3 nitrogen and oxygen atoms in total. The Hall–Kier alpha value is -1.35. The fourth-order valence-electron chi connectivity index (χ4n) is 1.59. The van der Waals surface area contributed by atoms with Gasteiger partial charge in [-0.2, -0.15) is 0 Å². The molecule has 1 aliphatic heterocycles. The molecule has 0 radical (unpaired) electrons. The molecule has 74 valence electrons. The lowest BCUT2D eigenvalue weighted by Gasteiger charge is -2.43. The largest absolute Gasteiger partial charge is 0.451 e. The van der Waals surface area contributed by atoms with Gasteiger partial charge in [0, 0.05) is 7.11 Å². The summed E-state index contributed by atoms with van der Waals surface area (Å²) in [5, 5.41) is 0.